The number of carbonyl (C=O) groups excluding carboxylic acids is 1. The molecule has 1 saturated heterocycles. The van der Waals surface area contributed by atoms with E-state index in [1.807, 2.05) is 29.7 Å². The first-order valence-corrected chi connectivity index (χ1v) is 10.7. The molecule has 0 aliphatic carbocycles. The van der Waals surface area contributed by atoms with Gasteiger partial charge in [0.1, 0.15) is 23.0 Å². The standard InChI is InChI=1S/C24H23FN6O2/c1-14-10-27-20-7-4-16(12-31(14)20)22-21(15-2-5-18(25)6-3-15)30-23(26)19(29-22)11-28-24(32)17-8-9-33-13-17/h2-7,10,12,17H,8-9,11,13H2,1H3,(H2,26,30)(H,28,32)/t17-/m1/s1. The van der Waals surface area contributed by atoms with E-state index in [4.69, 9.17) is 15.5 Å². The van der Waals surface area contributed by atoms with E-state index in [2.05, 4.69) is 15.3 Å². The summed E-state index contributed by atoms with van der Waals surface area (Å²) < 4.78 is 20.8. The minimum absolute atomic E-state index is 0.0895. The molecule has 1 fully saturated rings. The summed E-state index contributed by atoms with van der Waals surface area (Å²) in [5.41, 5.74) is 11.1. The van der Waals surface area contributed by atoms with Crippen LogP contribution in [-0.2, 0) is 16.1 Å². The highest BCUT2D eigenvalue weighted by molar-refractivity contribution is 5.80. The molecule has 1 amide bonds. The number of carbonyl (C=O) groups is 1. The van der Waals surface area contributed by atoms with Crippen molar-refractivity contribution in [3.05, 3.63) is 66.0 Å². The fourth-order valence-corrected chi connectivity index (χ4v) is 3.92. The van der Waals surface area contributed by atoms with Crippen molar-refractivity contribution in [2.75, 3.05) is 18.9 Å². The average molecular weight is 446 g/mol. The molecular formula is C24H23FN6O2. The number of nitrogen functional groups attached to an aromatic ring is 1. The van der Waals surface area contributed by atoms with Gasteiger partial charge in [-0.3, -0.25) is 4.79 Å². The third kappa shape index (κ3) is 4.14. The Morgan fingerprint density at radius 1 is 1.18 bits per heavy atom. The minimum atomic E-state index is -0.341. The van der Waals surface area contributed by atoms with E-state index in [1.54, 1.807) is 18.3 Å². The Balaban J connectivity index is 1.56. The molecular weight excluding hydrogens is 423 g/mol. The summed E-state index contributed by atoms with van der Waals surface area (Å²) in [6, 6.07) is 9.84. The van der Waals surface area contributed by atoms with Gasteiger partial charge in [-0.25, -0.2) is 19.3 Å². The molecule has 5 rings (SSSR count). The molecule has 9 heteroatoms. The number of hydrogen-bond donors (Lipinski definition) is 2. The minimum Gasteiger partial charge on any atom is -0.382 e. The highest BCUT2D eigenvalue weighted by Gasteiger charge is 2.24. The van der Waals surface area contributed by atoms with Gasteiger partial charge in [0.2, 0.25) is 5.91 Å². The zero-order valence-electron chi connectivity index (χ0n) is 18.1. The molecule has 1 aromatic carbocycles. The number of nitrogens with one attached hydrogen (secondary N) is 1. The van der Waals surface area contributed by atoms with Crippen LogP contribution in [-0.4, -0.2) is 38.5 Å². The van der Waals surface area contributed by atoms with Crippen LogP contribution in [0.5, 0.6) is 0 Å². The highest BCUT2D eigenvalue weighted by Crippen LogP contribution is 2.31. The molecule has 4 aromatic rings. The maximum Gasteiger partial charge on any atom is 0.225 e. The SMILES string of the molecule is Cc1cnc2ccc(-c3nc(CNC(=O)[C@@H]4CCOC4)c(N)nc3-c3ccc(F)cc3)cn12. The van der Waals surface area contributed by atoms with Crippen molar-refractivity contribution in [3.63, 3.8) is 0 Å². The normalized spacial score (nSPS) is 15.8. The number of benzene rings is 1. The second kappa shape index (κ2) is 8.59. The van der Waals surface area contributed by atoms with Crippen LogP contribution in [0.15, 0.2) is 48.8 Å². The summed E-state index contributed by atoms with van der Waals surface area (Å²) in [5.74, 6) is -0.384. The number of imidazole rings is 1. The summed E-state index contributed by atoms with van der Waals surface area (Å²) in [6.45, 7) is 3.13. The molecule has 33 heavy (non-hydrogen) atoms. The topological polar surface area (TPSA) is 107 Å². The van der Waals surface area contributed by atoms with Crippen molar-refractivity contribution in [3.8, 4) is 22.5 Å². The number of pyridine rings is 1. The molecule has 3 N–H and O–H groups in total. The van der Waals surface area contributed by atoms with E-state index >= 15 is 0 Å². The van der Waals surface area contributed by atoms with E-state index in [0.29, 0.717) is 42.3 Å². The summed E-state index contributed by atoms with van der Waals surface area (Å²) in [4.78, 5) is 26.2. The largest absolute Gasteiger partial charge is 0.382 e. The quantitative estimate of drug-likeness (QED) is 0.488. The van der Waals surface area contributed by atoms with Crippen LogP contribution in [0.1, 0.15) is 17.8 Å². The van der Waals surface area contributed by atoms with Gasteiger partial charge < -0.3 is 20.2 Å². The Hall–Kier alpha value is -3.85. The number of nitrogens with two attached hydrogens (primary N) is 1. The number of nitrogens with zero attached hydrogens (tertiary/aromatic N) is 4. The number of hydrogen-bond acceptors (Lipinski definition) is 6. The van der Waals surface area contributed by atoms with Gasteiger partial charge in [-0.1, -0.05) is 0 Å². The summed E-state index contributed by atoms with van der Waals surface area (Å²) in [7, 11) is 0. The Morgan fingerprint density at radius 3 is 2.70 bits per heavy atom. The molecule has 0 saturated carbocycles. The maximum absolute atomic E-state index is 13.5. The maximum atomic E-state index is 13.5. The fourth-order valence-electron chi connectivity index (χ4n) is 3.92. The van der Waals surface area contributed by atoms with Gasteiger partial charge in [0.05, 0.1) is 30.5 Å². The first-order valence-electron chi connectivity index (χ1n) is 10.7. The van der Waals surface area contributed by atoms with Crippen LogP contribution >= 0.6 is 0 Å². The number of aromatic nitrogens is 4. The van der Waals surface area contributed by atoms with Gasteiger partial charge in [-0.15, -0.1) is 0 Å². The zero-order valence-corrected chi connectivity index (χ0v) is 18.1. The Morgan fingerprint density at radius 2 is 1.94 bits per heavy atom. The number of anilines is 1. The van der Waals surface area contributed by atoms with E-state index < -0.39 is 0 Å². The number of ether oxygens (including phenoxy) is 1. The van der Waals surface area contributed by atoms with E-state index in [0.717, 1.165) is 16.9 Å². The van der Waals surface area contributed by atoms with Gasteiger partial charge in [0.15, 0.2) is 0 Å². The number of rotatable bonds is 5. The van der Waals surface area contributed by atoms with Crippen LogP contribution in [0.3, 0.4) is 0 Å². The number of fused-ring (bicyclic) bond motifs is 1. The molecule has 168 valence electrons. The van der Waals surface area contributed by atoms with Crippen LogP contribution in [0.25, 0.3) is 28.2 Å². The lowest BCUT2D eigenvalue weighted by Crippen LogP contribution is -2.31. The summed E-state index contributed by atoms with van der Waals surface area (Å²) in [6.07, 6.45) is 4.43. The molecule has 4 heterocycles. The van der Waals surface area contributed by atoms with Crippen LogP contribution in [0.4, 0.5) is 10.2 Å². The summed E-state index contributed by atoms with van der Waals surface area (Å²) >= 11 is 0. The predicted molar refractivity (Wildman–Crippen MR) is 122 cm³/mol. The lowest BCUT2D eigenvalue weighted by Gasteiger charge is -2.15. The molecule has 8 nitrogen and oxygen atoms in total. The smallest absolute Gasteiger partial charge is 0.225 e. The van der Waals surface area contributed by atoms with Crippen molar-refractivity contribution in [2.45, 2.75) is 19.9 Å². The van der Waals surface area contributed by atoms with Gasteiger partial charge in [-0.05, 0) is 49.7 Å². The third-order valence-electron chi connectivity index (χ3n) is 5.81. The highest BCUT2D eigenvalue weighted by atomic mass is 19.1. The van der Waals surface area contributed by atoms with Crippen molar-refractivity contribution in [2.24, 2.45) is 5.92 Å². The van der Waals surface area contributed by atoms with E-state index in [9.17, 15) is 9.18 Å². The van der Waals surface area contributed by atoms with Gasteiger partial charge >= 0.3 is 0 Å². The van der Waals surface area contributed by atoms with E-state index in [-0.39, 0.29) is 30.0 Å². The molecule has 0 unspecified atom stereocenters. The Labute approximate surface area is 189 Å². The second-order valence-electron chi connectivity index (χ2n) is 8.08. The van der Waals surface area contributed by atoms with Crippen molar-refractivity contribution in [1.29, 1.82) is 0 Å². The molecule has 0 spiro atoms. The molecule has 0 radical (unpaired) electrons. The zero-order chi connectivity index (χ0) is 22.9. The summed E-state index contributed by atoms with van der Waals surface area (Å²) in [5, 5.41) is 2.90. The van der Waals surface area contributed by atoms with Crippen LogP contribution in [0, 0.1) is 18.7 Å². The Bertz CT molecular complexity index is 1330. The van der Waals surface area contributed by atoms with Crippen molar-refractivity contribution < 1.29 is 13.9 Å². The number of halogens is 1. The fraction of sp³-hybridized carbons (Fsp3) is 0.250. The van der Waals surface area contributed by atoms with E-state index in [1.165, 1.54) is 12.1 Å². The van der Waals surface area contributed by atoms with Crippen LogP contribution < -0.4 is 11.1 Å². The predicted octanol–water partition coefficient (Wildman–Crippen LogP) is 3.14. The number of aryl methyl sites for hydroxylation is 1. The average Bonchev–Trinajstić information content (AvgIpc) is 3.49. The first-order chi connectivity index (χ1) is 16.0. The first kappa shape index (κ1) is 21.0. The molecule has 0 bridgehead atoms. The van der Waals surface area contributed by atoms with Gasteiger partial charge in [-0.2, -0.15) is 0 Å². The second-order valence-corrected chi connectivity index (χ2v) is 8.08. The number of amides is 1. The Kier molecular flexibility index (Phi) is 5.47. The van der Waals surface area contributed by atoms with Crippen LogP contribution in [0.2, 0.25) is 0 Å². The van der Waals surface area contributed by atoms with Crippen molar-refractivity contribution >= 4 is 17.4 Å². The molecule has 1 aliphatic heterocycles. The molecule has 1 atom stereocenters. The lowest BCUT2D eigenvalue weighted by molar-refractivity contribution is -0.125. The lowest BCUT2D eigenvalue weighted by atomic mass is 10.0. The van der Waals surface area contributed by atoms with Gasteiger partial charge in [0.25, 0.3) is 0 Å². The monoisotopic (exact) mass is 446 g/mol. The molecule has 3 aromatic heterocycles. The third-order valence-corrected chi connectivity index (χ3v) is 5.81. The van der Waals surface area contributed by atoms with Gasteiger partial charge in [0, 0.05) is 35.8 Å². The van der Waals surface area contributed by atoms with Crippen molar-refractivity contribution in [1.82, 2.24) is 24.7 Å². The molecule has 1 aliphatic rings.